The van der Waals surface area contributed by atoms with Crippen molar-refractivity contribution in [1.29, 1.82) is 0 Å². The third kappa shape index (κ3) is 8.60. The molecule has 13 heteroatoms. The van der Waals surface area contributed by atoms with Gasteiger partial charge in [-0.15, -0.1) is 11.3 Å². The van der Waals surface area contributed by atoms with E-state index in [0.29, 0.717) is 17.3 Å². The minimum absolute atomic E-state index is 0.0380. The molecule has 6 rings (SSSR count). The minimum Gasteiger partial charge on any atom is -0.497 e. The number of ketones is 1. The number of aliphatic carboxylic acids is 1. The van der Waals surface area contributed by atoms with Gasteiger partial charge in [-0.1, -0.05) is 36.4 Å². The number of benzene rings is 3. The number of carbonyl (C=O) groups is 2. The van der Waals surface area contributed by atoms with Gasteiger partial charge in [-0.3, -0.25) is 4.79 Å². The maximum absolute atomic E-state index is 13.0. The third-order valence-electron chi connectivity index (χ3n) is 7.49. The van der Waals surface area contributed by atoms with Crippen LogP contribution in [0.5, 0.6) is 5.75 Å². The number of rotatable bonds is 8. The minimum atomic E-state index is -5.08. The molecule has 2 N–H and O–H groups in total. The van der Waals surface area contributed by atoms with Crippen molar-refractivity contribution in [3.63, 3.8) is 0 Å². The van der Waals surface area contributed by atoms with Crippen LogP contribution in [0.1, 0.15) is 32.1 Å². The molecule has 0 spiro atoms. The average Bonchev–Trinajstić information content (AvgIpc) is 3.46. The molecule has 2 aromatic heterocycles. The monoisotopic (exact) mass is 675 g/mol. The summed E-state index contributed by atoms with van der Waals surface area (Å²) < 4.78 is 37.0. The first-order valence-electron chi connectivity index (χ1n) is 14.8. The summed E-state index contributed by atoms with van der Waals surface area (Å²) >= 11 is 1.60. The molecule has 0 saturated heterocycles. The van der Waals surface area contributed by atoms with Crippen LogP contribution in [-0.2, 0) is 24.2 Å². The second kappa shape index (κ2) is 14.7. The molecule has 1 aliphatic rings. The Labute approximate surface area is 279 Å². The lowest BCUT2D eigenvalue weighted by atomic mass is 9.99. The van der Waals surface area contributed by atoms with Gasteiger partial charge < -0.3 is 20.1 Å². The second-order valence-electron chi connectivity index (χ2n) is 11.1. The number of halogens is 3. The summed E-state index contributed by atoms with van der Waals surface area (Å²) in [7, 11) is 3.75. The van der Waals surface area contributed by atoms with Gasteiger partial charge in [0, 0.05) is 42.5 Å². The van der Waals surface area contributed by atoms with Gasteiger partial charge in [-0.25, -0.2) is 19.7 Å². The highest BCUT2D eigenvalue weighted by molar-refractivity contribution is 7.15. The van der Waals surface area contributed by atoms with Crippen molar-refractivity contribution in [2.24, 2.45) is 0 Å². The Morgan fingerprint density at radius 2 is 1.79 bits per heavy atom. The van der Waals surface area contributed by atoms with E-state index in [1.165, 1.54) is 11.1 Å². The fraction of sp³-hybridized carbons (Fsp3) is 0.229. The van der Waals surface area contributed by atoms with Crippen LogP contribution in [0.4, 0.5) is 24.8 Å². The lowest BCUT2D eigenvalue weighted by molar-refractivity contribution is -0.192. The number of hydrogen-bond donors (Lipinski definition) is 2. The Hall–Kier alpha value is -5.14. The zero-order valence-corrected chi connectivity index (χ0v) is 27.2. The Bertz CT molecular complexity index is 1950. The molecule has 0 atom stereocenters. The molecule has 0 unspecified atom stereocenters. The highest BCUT2D eigenvalue weighted by Gasteiger charge is 2.38. The fourth-order valence-corrected chi connectivity index (χ4v) is 6.07. The number of anilines is 2. The first kappa shape index (κ1) is 34.2. The summed E-state index contributed by atoms with van der Waals surface area (Å²) in [5.74, 6) is -1.50. The normalized spacial score (nSPS) is 12.8. The van der Waals surface area contributed by atoms with Crippen molar-refractivity contribution in [2.75, 3.05) is 26.0 Å². The molecule has 0 saturated carbocycles. The highest BCUT2D eigenvalue weighted by Crippen LogP contribution is 2.36. The molecule has 3 aromatic carbocycles. The quantitative estimate of drug-likeness (QED) is 0.163. The predicted octanol–water partition coefficient (Wildman–Crippen LogP) is 7.37. The van der Waals surface area contributed by atoms with Crippen molar-refractivity contribution in [2.45, 2.75) is 32.5 Å². The van der Waals surface area contributed by atoms with Crippen molar-refractivity contribution in [3.05, 3.63) is 106 Å². The van der Waals surface area contributed by atoms with Crippen molar-refractivity contribution < 1.29 is 32.6 Å². The number of carboxylic acids is 1. The summed E-state index contributed by atoms with van der Waals surface area (Å²) in [6, 6.07) is 23.7. The molecule has 0 amide bonds. The number of methoxy groups -OCH3 is 1. The van der Waals surface area contributed by atoms with Gasteiger partial charge in [-0.2, -0.15) is 13.2 Å². The number of aryl methyl sites for hydroxylation is 1. The first-order chi connectivity index (χ1) is 22.9. The smallest absolute Gasteiger partial charge is 0.490 e. The molecule has 0 bridgehead atoms. The average molecular weight is 676 g/mol. The highest BCUT2D eigenvalue weighted by atomic mass is 32.1. The van der Waals surface area contributed by atoms with Crippen LogP contribution in [0.2, 0.25) is 0 Å². The van der Waals surface area contributed by atoms with E-state index in [1.54, 1.807) is 30.7 Å². The number of nitrogens with one attached hydrogen (secondary N) is 1. The van der Waals surface area contributed by atoms with E-state index >= 15 is 0 Å². The molecule has 0 fully saturated rings. The number of Topliss-reactive ketones (excluding diaryl/α,β-unsaturated/α-hetero) is 1. The predicted molar refractivity (Wildman–Crippen MR) is 178 cm³/mol. The molecule has 3 heterocycles. The van der Waals surface area contributed by atoms with Crippen LogP contribution < -0.4 is 10.1 Å². The molecule has 248 valence electrons. The maximum Gasteiger partial charge on any atom is 0.490 e. The Kier molecular flexibility index (Phi) is 10.5. The second-order valence-corrected chi connectivity index (χ2v) is 12.3. The molecular formula is C35H32F3N5O4S. The van der Waals surface area contributed by atoms with Crippen LogP contribution in [-0.4, -0.2) is 63.6 Å². The molecule has 0 aliphatic carbocycles. The van der Waals surface area contributed by atoms with Gasteiger partial charge >= 0.3 is 12.1 Å². The number of carboxylic acid groups (broad SMARTS) is 1. The van der Waals surface area contributed by atoms with Gasteiger partial charge in [0.25, 0.3) is 0 Å². The van der Waals surface area contributed by atoms with E-state index in [2.05, 4.69) is 40.4 Å². The summed E-state index contributed by atoms with van der Waals surface area (Å²) in [4.78, 5) is 39.4. The van der Waals surface area contributed by atoms with E-state index in [-0.39, 0.29) is 12.2 Å². The SMILES string of the molecule is COc1cccc(C(=O)Cc2cccc(-c3nc(C)sc3-c3ccnc(Nc4ccc5c(c4)CN(C)CC5)n3)c2)c1.O=C(O)C(F)(F)F. The van der Waals surface area contributed by atoms with E-state index in [9.17, 15) is 18.0 Å². The van der Waals surface area contributed by atoms with Crippen LogP contribution in [0.15, 0.2) is 79.0 Å². The van der Waals surface area contributed by atoms with Crippen molar-refractivity contribution >= 4 is 34.7 Å². The number of thiazole rings is 1. The number of hydrogen-bond acceptors (Lipinski definition) is 9. The lowest BCUT2D eigenvalue weighted by Gasteiger charge is -2.25. The topological polar surface area (TPSA) is 118 Å². The maximum atomic E-state index is 13.0. The van der Waals surface area contributed by atoms with Gasteiger partial charge in [0.05, 0.1) is 28.4 Å². The largest absolute Gasteiger partial charge is 0.497 e. The van der Waals surface area contributed by atoms with Crippen LogP contribution >= 0.6 is 11.3 Å². The van der Waals surface area contributed by atoms with Gasteiger partial charge in [0.1, 0.15) is 5.75 Å². The summed E-state index contributed by atoms with van der Waals surface area (Å²) in [6.07, 6.45) is -1.95. The number of carbonyl (C=O) groups excluding carboxylic acids is 1. The fourth-order valence-electron chi connectivity index (χ4n) is 5.16. The first-order valence-corrected chi connectivity index (χ1v) is 15.7. The summed E-state index contributed by atoms with van der Waals surface area (Å²) in [5, 5.41) is 11.5. The van der Waals surface area contributed by atoms with Crippen LogP contribution in [0, 0.1) is 6.92 Å². The van der Waals surface area contributed by atoms with Crippen LogP contribution in [0.3, 0.4) is 0 Å². The van der Waals surface area contributed by atoms with Gasteiger partial charge in [0.15, 0.2) is 5.78 Å². The summed E-state index contributed by atoms with van der Waals surface area (Å²) in [5.41, 5.74) is 7.88. The number of aromatic nitrogens is 3. The van der Waals surface area contributed by atoms with Gasteiger partial charge in [-0.05, 0) is 73.5 Å². The van der Waals surface area contributed by atoms with Crippen molar-refractivity contribution in [1.82, 2.24) is 19.9 Å². The molecule has 1 aliphatic heterocycles. The van der Waals surface area contributed by atoms with E-state index < -0.39 is 12.1 Å². The number of ether oxygens (including phenoxy) is 1. The van der Waals surface area contributed by atoms with E-state index in [0.717, 1.165) is 57.6 Å². The number of fused-ring (bicyclic) bond motifs is 1. The molecule has 5 aromatic rings. The Balaban J connectivity index is 0.000000582. The molecular weight excluding hydrogens is 643 g/mol. The number of nitrogens with zero attached hydrogens (tertiary/aromatic N) is 4. The van der Waals surface area contributed by atoms with E-state index in [1.807, 2.05) is 55.5 Å². The van der Waals surface area contributed by atoms with Crippen molar-refractivity contribution in [3.8, 4) is 27.6 Å². The van der Waals surface area contributed by atoms with Crippen LogP contribution in [0.25, 0.3) is 21.8 Å². The zero-order chi connectivity index (χ0) is 34.4. The van der Waals surface area contributed by atoms with E-state index in [4.69, 9.17) is 24.6 Å². The van der Waals surface area contributed by atoms with Gasteiger partial charge in [0.2, 0.25) is 5.95 Å². The number of likely N-dealkylation sites (N-methyl/N-ethyl adjacent to an activating group) is 1. The molecule has 0 radical (unpaired) electrons. The molecule has 9 nitrogen and oxygen atoms in total. The third-order valence-corrected chi connectivity index (χ3v) is 8.48. The number of alkyl halides is 3. The summed E-state index contributed by atoms with van der Waals surface area (Å²) in [6.45, 7) is 4.03. The lowest BCUT2D eigenvalue weighted by Crippen LogP contribution is -2.26. The molecule has 48 heavy (non-hydrogen) atoms. The zero-order valence-electron chi connectivity index (χ0n) is 26.3. The Morgan fingerprint density at radius 3 is 2.54 bits per heavy atom. The standard InChI is InChI=1S/C33H31N5O2S.C2HF3O2/c1-21-35-31(25-8-4-6-22(16-25)17-30(39)24-7-5-9-28(19-24)40-3)32(41-21)29-12-14-34-33(37-29)36-27-11-10-23-13-15-38(2)20-26(23)18-27;3-2(4,5)1(6)7/h4-12,14,16,18-19H,13,15,17,20H2,1-3H3,(H,34,36,37);(H,6,7). The Morgan fingerprint density at radius 1 is 1.02 bits per heavy atom.